The third-order valence-corrected chi connectivity index (χ3v) is 3.50. The lowest BCUT2D eigenvalue weighted by atomic mass is 10.1. The van der Waals surface area contributed by atoms with Gasteiger partial charge < -0.3 is 14.6 Å². The molecule has 0 saturated heterocycles. The fraction of sp³-hybridized carbons (Fsp3) is 0.611. The molecule has 0 saturated carbocycles. The lowest BCUT2D eigenvalue weighted by molar-refractivity contribution is -0.162. The van der Waals surface area contributed by atoms with Crippen molar-refractivity contribution in [2.45, 2.75) is 59.2 Å². The Morgan fingerprint density at radius 2 is 2.00 bits per heavy atom. The van der Waals surface area contributed by atoms with E-state index in [1.165, 1.54) is 0 Å². The van der Waals surface area contributed by atoms with Crippen LogP contribution in [0.3, 0.4) is 0 Å². The van der Waals surface area contributed by atoms with Gasteiger partial charge in [-0.2, -0.15) is 0 Å². The number of ether oxygens (including phenoxy) is 2. The second kappa shape index (κ2) is 9.46. The summed E-state index contributed by atoms with van der Waals surface area (Å²) in [4.78, 5) is 12.3. The van der Waals surface area contributed by atoms with E-state index in [-0.39, 0.29) is 17.8 Å². The van der Waals surface area contributed by atoms with Crippen molar-refractivity contribution >= 4 is 5.97 Å². The van der Waals surface area contributed by atoms with Crippen molar-refractivity contribution in [3.63, 3.8) is 0 Å². The predicted molar refractivity (Wildman–Crippen MR) is 86.9 cm³/mol. The Bertz CT molecular complexity index is 456. The molecular weight excluding hydrogens is 280 g/mol. The number of hydrogen-bond donors (Lipinski definition) is 1. The summed E-state index contributed by atoms with van der Waals surface area (Å²) in [6, 6.07) is 6.88. The molecule has 4 heteroatoms. The van der Waals surface area contributed by atoms with Gasteiger partial charge in [-0.3, -0.25) is 0 Å². The number of aromatic hydroxyl groups is 1. The van der Waals surface area contributed by atoms with Crippen LogP contribution < -0.4 is 0 Å². The van der Waals surface area contributed by atoms with E-state index in [0.717, 1.165) is 18.4 Å². The zero-order valence-electron chi connectivity index (χ0n) is 14.0. The summed E-state index contributed by atoms with van der Waals surface area (Å²) in [5.74, 6) is 0.377. The van der Waals surface area contributed by atoms with Gasteiger partial charge in [0, 0.05) is 13.0 Å². The molecule has 4 nitrogen and oxygen atoms in total. The maximum atomic E-state index is 12.3. The molecule has 1 N–H and O–H groups in total. The number of hydrogen-bond acceptors (Lipinski definition) is 4. The summed E-state index contributed by atoms with van der Waals surface area (Å²) in [6.07, 6.45) is 1.33. The van der Waals surface area contributed by atoms with E-state index < -0.39 is 6.10 Å². The van der Waals surface area contributed by atoms with Crippen molar-refractivity contribution in [3.05, 3.63) is 29.8 Å². The summed E-state index contributed by atoms with van der Waals surface area (Å²) < 4.78 is 11.1. The van der Waals surface area contributed by atoms with Crippen LogP contribution in [0.2, 0.25) is 0 Å². The standard InChI is InChI=1S/C18H28O4/c1-5-14(4)22-18(20)17(21-10-9-13(2)3)12-15-7-6-8-16(19)11-15/h6-8,11,13-14,17,19H,5,9-10,12H2,1-4H3. The van der Waals surface area contributed by atoms with Crippen molar-refractivity contribution in [1.82, 2.24) is 0 Å². The first kappa shape index (κ1) is 18.5. The number of carbonyl (C=O) groups excluding carboxylic acids is 1. The Morgan fingerprint density at radius 1 is 1.27 bits per heavy atom. The van der Waals surface area contributed by atoms with Gasteiger partial charge in [-0.1, -0.05) is 32.9 Å². The van der Waals surface area contributed by atoms with Crippen LogP contribution in [0.4, 0.5) is 0 Å². The minimum absolute atomic E-state index is 0.118. The van der Waals surface area contributed by atoms with Crippen LogP contribution in [0.15, 0.2) is 24.3 Å². The molecule has 1 rings (SSSR count). The smallest absolute Gasteiger partial charge is 0.335 e. The van der Waals surface area contributed by atoms with Gasteiger partial charge in [0.25, 0.3) is 0 Å². The maximum Gasteiger partial charge on any atom is 0.335 e. The van der Waals surface area contributed by atoms with Gasteiger partial charge in [0.2, 0.25) is 0 Å². The Kier molecular flexibility index (Phi) is 7.96. The SMILES string of the molecule is CCC(C)OC(=O)C(Cc1cccc(O)c1)OCCC(C)C. The van der Waals surface area contributed by atoms with E-state index in [1.807, 2.05) is 19.9 Å². The summed E-state index contributed by atoms with van der Waals surface area (Å²) in [5.41, 5.74) is 0.857. The highest BCUT2D eigenvalue weighted by Gasteiger charge is 2.23. The Labute approximate surface area is 133 Å². The largest absolute Gasteiger partial charge is 0.508 e. The molecule has 0 radical (unpaired) electrons. The van der Waals surface area contributed by atoms with Crippen molar-refractivity contribution in [2.24, 2.45) is 5.92 Å². The van der Waals surface area contributed by atoms with Crippen LogP contribution in [0.25, 0.3) is 0 Å². The van der Waals surface area contributed by atoms with Gasteiger partial charge in [-0.25, -0.2) is 4.79 Å². The summed E-state index contributed by atoms with van der Waals surface area (Å²) in [5, 5.41) is 9.54. The molecule has 0 aromatic heterocycles. The van der Waals surface area contributed by atoms with Crippen LogP contribution >= 0.6 is 0 Å². The fourth-order valence-corrected chi connectivity index (χ4v) is 1.91. The number of phenolic OH excluding ortho intramolecular Hbond substituents is 1. The molecule has 0 bridgehead atoms. The molecule has 2 atom stereocenters. The number of carbonyl (C=O) groups is 1. The topological polar surface area (TPSA) is 55.8 Å². The van der Waals surface area contributed by atoms with Crippen LogP contribution in [0.5, 0.6) is 5.75 Å². The molecule has 1 aromatic carbocycles. The molecule has 0 spiro atoms. The molecule has 0 fully saturated rings. The average molecular weight is 308 g/mol. The molecule has 2 unspecified atom stereocenters. The number of benzene rings is 1. The Balaban J connectivity index is 2.70. The van der Waals surface area contributed by atoms with E-state index in [0.29, 0.717) is 18.9 Å². The van der Waals surface area contributed by atoms with Crippen LogP contribution in [0, 0.1) is 5.92 Å². The van der Waals surface area contributed by atoms with Crippen molar-refractivity contribution in [2.75, 3.05) is 6.61 Å². The lowest BCUT2D eigenvalue weighted by Gasteiger charge is -2.20. The summed E-state index contributed by atoms with van der Waals surface area (Å²) in [7, 11) is 0. The average Bonchev–Trinajstić information content (AvgIpc) is 2.45. The Hall–Kier alpha value is -1.55. The highest BCUT2D eigenvalue weighted by Crippen LogP contribution is 2.16. The highest BCUT2D eigenvalue weighted by molar-refractivity contribution is 5.75. The predicted octanol–water partition coefficient (Wildman–Crippen LogP) is 3.71. The van der Waals surface area contributed by atoms with E-state index in [1.54, 1.807) is 18.2 Å². The van der Waals surface area contributed by atoms with Crippen molar-refractivity contribution in [1.29, 1.82) is 0 Å². The molecule has 0 heterocycles. The second-order valence-corrected chi connectivity index (χ2v) is 6.07. The summed E-state index contributed by atoms with van der Waals surface area (Å²) >= 11 is 0. The van der Waals surface area contributed by atoms with E-state index >= 15 is 0 Å². The minimum Gasteiger partial charge on any atom is -0.508 e. The molecule has 0 aliphatic carbocycles. The molecule has 0 aliphatic rings. The van der Waals surface area contributed by atoms with Gasteiger partial charge in [0.05, 0.1) is 6.10 Å². The molecule has 124 valence electrons. The normalized spacial score (nSPS) is 13.9. The minimum atomic E-state index is -0.630. The van der Waals surface area contributed by atoms with Gasteiger partial charge in [-0.15, -0.1) is 0 Å². The van der Waals surface area contributed by atoms with Crippen LogP contribution in [0.1, 0.15) is 46.1 Å². The quantitative estimate of drug-likeness (QED) is 0.707. The summed E-state index contributed by atoms with van der Waals surface area (Å²) in [6.45, 7) is 8.60. The maximum absolute atomic E-state index is 12.3. The third-order valence-electron chi connectivity index (χ3n) is 3.50. The van der Waals surface area contributed by atoms with E-state index in [4.69, 9.17) is 9.47 Å². The van der Waals surface area contributed by atoms with Gasteiger partial charge in [0.1, 0.15) is 5.75 Å². The molecule has 0 amide bonds. The molecule has 0 aliphatic heterocycles. The monoisotopic (exact) mass is 308 g/mol. The lowest BCUT2D eigenvalue weighted by Crippen LogP contribution is -2.31. The van der Waals surface area contributed by atoms with E-state index in [2.05, 4.69) is 13.8 Å². The number of rotatable bonds is 9. The zero-order valence-corrected chi connectivity index (χ0v) is 14.0. The second-order valence-electron chi connectivity index (χ2n) is 6.07. The molecular formula is C18H28O4. The van der Waals surface area contributed by atoms with Crippen LogP contribution in [-0.2, 0) is 20.7 Å². The number of phenols is 1. The van der Waals surface area contributed by atoms with Crippen molar-refractivity contribution < 1.29 is 19.4 Å². The van der Waals surface area contributed by atoms with Gasteiger partial charge in [-0.05, 0) is 43.4 Å². The molecule has 1 aromatic rings. The first-order chi connectivity index (χ1) is 10.4. The van der Waals surface area contributed by atoms with Crippen LogP contribution in [-0.4, -0.2) is 29.9 Å². The first-order valence-electron chi connectivity index (χ1n) is 8.02. The van der Waals surface area contributed by atoms with E-state index in [9.17, 15) is 9.90 Å². The highest BCUT2D eigenvalue weighted by atomic mass is 16.6. The van der Waals surface area contributed by atoms with Gasteiger partial charge in [0.15, 0.2) is 6.10 Å². The Morgan fingerprint density at radius 3 is 2.59 bits per heavy atom. The number of esters is 1. The first-order valence-corrected chi connectivity index (χ1v) is 8.02. The third kappa shape index (κ3) is 6.94. The molecule has 22 heavy (non-hydrogen) atoms. The van der Waals surface area contributed by atoms with Crippen molar-refractivity contribution in [3.8, 4) is 5.75 Å². The van der Waals surface area contributed by atoms with Gasteiger partial charge >= 0.3 is 5.97 Å². The fourth-order valence-electron chi connectivity index (χ4n) is 1.91. The zero-order chi connectivity index (χ0) is 16.5.